The smallest absolute Gasteiger partial charge is 0.146 e. The molecule has 0 saturated carbocycles. The summed E-state index contributed by atoms with van der Waals surface area (Å²) in [5.41, 5.74) is 0.976. The molecule has 112 valence electrons. The van der Waals surface area contributed by atoms with Gasteiger partial charge < -0.3 is 10.1 Å². The number of hydrogen-bond donors (Lipinski definition) is 1. The Hall–Kier alpha value is -1.10. The molecule has 0 saturated heterocycles. The zero-order chi connectivity index (χ0) is 15.5. The van der Waals surface area contributed by atoms with Gasteiger partial charge in [-0.1, -0.05) is 27.5 Å². The third-order valence-corrected chi connectivity index (χ3v) is 3.50. The van der Waals surface area contributed by atoms with Crippen molar-refractivity contribution in [3.05, 3.63) is 51.7 Å². The van der Waals surface area contributed by atoms with Crippen LogP contribution in [0.1, 0.15) is 26.5 Å². The molecule has 0 spiro atoms. The Labute approximate surface area is 138 Å². The second-order valence-corrected chi connectivity index (χ2v) is 7.09. The second-order valence-electron chi connectivity index (χ2n) is 5.76. The predicted octanol–water partition coefficient (Wildman–Crippen LogP) is 5.18. The van der Waals surface area contributed by atoms with Gasteiger partial charge in [0, 0.05) is 28.8 Å². The minimum Gasteiger partial charge on any atom is -0.456 e. The molecule has 0 aliphatic carbocycles. The number of pyridine rings is 1. The normalized spacial score (nSPS) is 11.5. The van der Waals surface area contributed by atoms with Crippen LogP contribution in [0.15, 0.2) is 41.0 Å². The summed E-state index contributed by atoms with van der Waals surface area (Å²) in [6.07, 6.45) is 1.74. The highest BCUT2D eigenvalue weighted by atomic mass is 79.9. The quantitative estimate of drug-likeness (QED) is 0.806. The van der Waals surface area contributed by atoms with Crippen LogP contribution in [-0.4, -0.2) is 10.5 Å². The molecule has 21 heavy (non-hydrogen) atoms. The molecule has 0 unspecified atom stereocenters. The molecule has 2 aromatic rings. The van der Waals surface area contributed by atoms with E-state index in [1.807, 2.05) is 24.3 Å². The Bertz CT molecular complexity index is 626. The standard InChI is InChI=1S/C16H18BrClN2O/c1-16(2,3)20-10-12-9-13(6-7-19-12)21-15-5-4-11(17)8-14(15)18/h4-9,20H,10H2,1-3H3. The zero-order valence-corrected chi connectivity index (χ0v) is 14.6. The average molecular weight is 370 g/mol. The van der Waals surface area contributed by atoms with Gasteiger partial charge in [-0.25, -0.2) is 0 Å². The Morgan fingerprint density at radius 2 is 2.00 bits per heavy atom. The van der Waals surface area contributed by atoms with Crippen molar-refractivity contribution >= 4 is 27.5 Å². The first-order valence-electron chi connectivity index (χ1n) is 6.66. The lowest BCUT2D eigenvalue weighted by Crippen LogP contribution is -2.35. The molecule has 3 nitrogen and oxygen atoms in total. The first-order valence-corrected chi connectivity index (χ1v) is 7.83. The number of nitrogens with zero attached hydrogens (tertiary/aromatic N) is 1. The van der Waals surface area contributed by atoms with E-state index in [2.05, 4.69) is 47.0 Å². The maximum absolute atomic E-state index is 6.16. The van der Waals surface area contributed by atoms with E-state index in [9.17, 15) is 0 Å². The summed E-state index contributed by atoms with van der Waals surface area (Å²) >= 11 is 9.53. The summed E-state index contributed by atoms with van der Waals surface area (Å²) in [5, 5.41) is 3.96. The molecule has 0 fully saturated rings. The molecule has 1 aromatic carbocycles. The fourth-order valence-corrected chi connectivity index (χ4v) is 2.37. The lowest BCUT2D eigenvalue weighted by atomic mass is 10.1. The summed E-state index contributed by atoms with van der Waals surface area (Å²) in [7, 11) is 0. The molecule has 0 bridgehead atoms. The van der Waals surface area contributed by atoms with Gasteiger partial charge in [0.25, 0.3) is 0 Å². The SMILES string of the molecule is CC(C)(C)NCc1cc(Oc2ccc(Br)cc2Cl)ccn1. The summed E-state index contributed by atoms with van der Waals surface area (Å²) in [6, 6.07) is 9.26. The van der Waals surface area contributed by atoms with E-state index in [1.54, 1.807) is 12.3 Å². The van der Waals surface area contributed by atoms with Gasteiger partial charge in [-0.2, -0.15) is 0 Å². The highest BCUT2D eigenvalue weighted by Crippen LogP contribution is 2.31. The van der Waals surface area contributed by atoms with Crippen LogP contribution in [0.5, 0.6) is 11.5 Å². The van der Waals surface area contributed by atoms with Crippen LogP contribution in [-0.2, 0) is 6.54 Å². The highest BCUT2D eigenvalue weighted by molar-refractivity contribution is 9.10. The molecule has 1 N–H and O–H groups in total. The first kappa shape index (κ1) is 16.3. The van der Waals surface area contributed by atoms with Gasteiger partial charge >= 0.3 is 0 Å². The number of ether oxygens (including phenoxy) is 1. The lowest BCUT2D eigenvalue weighted by molar-refractivity contribution is 0.419. The molecule has 0 aliphatic rings. The largest absolute Gasteiger partial charge is 0.456 e. The average Bonchev–Trinajstić information content (AvgIpc) is 2.39. The van der Waals surface area contributed by atoms with Crippen LogP contribution in [0.3, 0.4) is 0 Å². The molecule has 5 heteroatoms. The Morgan fingerprint density at radius 1 is 1.24 bits per heavy atom. The third-order valence-electron chi connectivity index (χ3n) is 2.71. The van der Waals surface area contributed by atoms with Gasteiger partial charge in [-0.3, -0.25) is 4.98 Å². The fraction of sp³-hybridized carbons (Fsp3) is 0.312. The van der Waals surface area contributed by atoms with Crippen molar-refractivity contribution < 1.29 is 4.74 Å². The van der Waals surface area contributed by atoms with Crippen molar-refractivity contribution in [3.63, 3.8) is 0 Å². The number of benzene rings is 1. The molecule has 0 radical (unpaired) electrons. The third kappa shape index (κ3) is 5.30. The van der Waals surface area contributed by atoms with E-state index in [-0.39, 0.29) is 5.54 Å². The molecule has 0 atom stereocenters. The van der Waals surface area contributed by atoms with E-state index in [0.29, 0.717) is 17.3 Å². The summed E-state index contributed by atoms with van der Waals surface area (Å²) in [5.74, 6) is 1.35. The van der Waals surface area contributed by atoms with Gasteiger partial charge in [-0.05, 0) is 45.0 Å². The Morgan fingerprint density at radius 3 is 2.67 bits per heavy atom. The van der Waals surface area contributed by atoms with Crippen molar-refractivity contribution in [1.29, 1.82) is 0 Å². The van der Waals surface area contributed by atoms with Gasteiger partial charge in [0.1, 0.15) is 11.5 Å². The van der Waals surface area contributed by atoms with Crippen molar-refractivity contribution in [2.45, 2.75) is 32.9 Å². The molecule has 0 amide bonds. The molecule has 2 rings (SSSR count). The molecular formula is C16H18BrClN2O. The number of rotatable bonds is 4. The van der Waals surface area contributed by atoms with Crippen molar-refractivity contribution in [1.82, 2.24) is 10.3 Å². The maximum atomic E-state index is 6.16. The number of nitrogens with one attached hydrogen (secondary N) is 1. The van der Waals surface area contributed by atoms with Crippen LogP contribution in [0.25, 0.3) is 0 Å². The van der Waals surface area contributed by atoms with Crippen LogP contribution in [0, 0.1) is 0 Å². The lowest BCUT2D eigenvalue weighted by Gasteiger charge is -2.20. The number of aromatic nitrogens is 1. The van der Waals surface area contributed by atoms with Gasteiger partial charge in [0.15, 0.2) is 0 Å². The van der Waals surface area contributed by atoms with Crippen LogP contribution >= 0.6 is 27.5 Å². The highest BCUT2D eigenvalue weighted by Gasteiger charge is 2.10. The minimum atomic E-state index is 0.0492. The van der Waals surface area contributed by atoms with E-state index in [1.165, 1.54) is 0 Å². The van der Waals surface area contributed by atoms with E-state index >= 15 is 0 Å². The van der Waals surface area contributed by atoms with E-state index in [4.69, 9.17) is 16.3 Å². The molecule has 0 aliphatic heterocycles. The molecule has 1 heterocycles. The predicted molar refractivity (Wildman–Crippen MR) is 90.1 cm³/mol. The van der Waals surface area contributed by atoms with E-state index < -0.39 is 0 Å². The van der Waals surface area contributed by atoms with Crippen molar-refractivity contribution in [3.8, 4) is 11.5 Å². The van der Waals surface area contributed by atoms with Gasteiger partial charge in [0.2, 0.25) is 0 Å². The van der Waals surface area contributed by atoms with E-state index in [0.717, 1.165) is 15.9 Å². The maximum Gasteiger partial charge on any atom is 0.146 e. The fourth-order valence-electron chi connectivity index (χ4n) is 1.66. The van der Waals surface area contributed by atoms with Crippen LogP contribution < -0.4 is 10.1 Å². The number of halogens is 2. The van der Waals surface area contributed by atoms with Crippen molar-refractivity contribution in [2.24, 2.45) is 0 Å². The number of hydrogen-bond acceptors (Lipinski definition) is 3. The zero-order valence-electron chi connectivity index (χ0n) is 12.3. The summed E-state index contributed by atoms with van der Waals surface area (Å²) in [4.78, 5) is 4.34. The van der Waals surface area contributed by atoms with Gasteiger partial charge in [0.05, 0.1) is 10.7 Å². The van der Waals surface area contributed by atoms with Crippen molar-refractivity contribution in [2.75, 3.05) is 0 Å². The van der Waals surface area contributed by atoms with Crippen LogP contribution in [0.2, 0.25) is 5.02 Å². The molecule has 1 aromatic heterocycles. The van der Waals surface area contributed by atoms with Crippen LogP contribution in [0.4, 0.5) is 0 Å². The Kier molecular flexibility index (Phi) is 5.25. The second kappa shape index (κ2) is 6.77. The summed E-state index contributed by atoms with van der Waals surface area (Å²) < 4.78 is 6.74. The Balaban J connectivity index is 2.10. The monoisotopic (exact) mass is 368 g/mol. The minimum absolute atomic E-state index is 0.0492. The summed E-state index contributed by atoms with van der Waals surface area (Å²) in [6.45, 7) is 7.05. The molecular weight excluding hydrogens is 352 g/mol. The first-order chi connectivity index (χ1) is 9.83. The van der Waals surface area contributed by atoms with Gasteiger partial charge in [-0.15, -0.1) is 0 Å². The topological polar surface area (TPSA) is 34.1 Å².